The van der Waals surface area contributed by atoms with Gasteiger partial charge in [-0.05, 0) is 24.6 Å². The maximum atomic E-state index is 10.3. The van der Waals surface area contributed by atoms with Crippen molar-refractivity contribution in [3.05, 3.63) is 10.1 Å². The highest BCUT2D eigenvalue weighted by molar-refractivity contribution is 8.13. The SMILES string of the molecule is CCN(CCNC(=N[N+](=O)[O-])SC)CC1COCC1C. The summed E-state index contributed by atoms with van der Waals surface area (Å²) in [5.74, 6) is 1.19. The summed E-state index contributed by atoms with van der Waals surface area (Å²) in [6, 6.07) is 0. The van der Waals surface area contributed by atoms with Gasteiger partial charge in [-0.1, -0.05) is 25.6 Å². The molecule has 0 aromatic heterocycles. The summed E-state index contributed by atoms with van der Waals surface area (Å²) < 4.78 is 5.48. The van der Waals surface area contributed by atoms with Crippen LogP contribution in [-0.2, 0) is 4.74 Å². The van der Waals surface area contributed by atoms with Crippen LogP contribution < -0.4 is 5.32 Å². The number of hydrogen-bond acceptors (Lipinski definition) is 5. The van der Waals surface area contributed by atoms with Gasteiger partial charge in [0.25, 0.3) is 0 Å². The van der Waals surface area contributed by atoms with Gasteiger partial charge in [0, 0.05) is 26.2 Å². The smallest absolute Gasteiger partial charge is 0.234 e. The van der Waals surface area contributed by atoms with Crippen LogP contribution in [0.15, 0.2) is 5.10 Å². The van der Waals surface area contributed by atoms with E-state index >= 15 is 0 Å². The first kappa shape index (κ1) is 17.2. The fraction of sp³-hybridized carbons (Fsp3) is 0.917. The van der Waals surface area contributed by atoms with Gasteiger partial charge in [0.1, 0.15) is 0 Å². The quantitative estimate of drug-likeness (QED) is 0.328. The standard InChI is InChI=1S/C12H24N4O3S/c1-4-15(7-11-9-19-8-10(11)2)6-5-13-12(20-3)14-16(17)18/h10-11H,4-9H2,1-3H3,(H,13,14). The van der Waals surface area contributed by atoms with E-state index in [1.807, 2.05) is 0 Å². The van der Waals surface area contributed by atoms with Crippen molar-refractivity contribution >= 4 is 16.9 Å². The van der Waals surface area contributed by atoms with Gasteiger partial charge in [0.2, 0.25) is 5.17 Å². The van der Waals surface area contributed by atoms with Gasteiger partial charge in [-0.15, -0.1) is 0 Å². The summed E-state index contributed by atoms with van der Waals surface area (Å²) in [6.07, 6.45) is 1.77. The zero-order valence-electron chi connectivity index (χ0n) is 12.4. The molecule has 2 unspecified atom stereocenters. The van der Waals surface area contributed by atoms with Crippen LogP contribution in [0.2, 0.25) is 0 Å². The third-order valence-electron chi connectivity index (χ3n) is 3.53. The van der Waals surface area contributed by atoms with Crippen LogP contribution in [0.4, 0.5) is 0 Å². The van der Waals surface area contributed by atoms with Crippen LogP contribution in [0.3, 0.4) is 0 Å². The normalized spacial score (nSPS) is 23.3. The van der Waals surface area contributed by atoms with Crippen LogP contribution >= 0.6 is 11.8 Å². The second kappa shape index (κ2) is 9.15. The molecule has 0 saturated carbocycles. The summed E-state index contributed by atoms with van der Waals surface area (Å²) in [4.78, 5) is 12.7. The number of nitro groups is 1. The number of likely N-dealkylation sites (N-methyl/N-ethyl adjacent to an activating group) is 1. The molecule has 1 rings (SSSR count). The molecular weight excluding hydrogens is 280 g/mol. The number of ether oxygens (including phenoxy) is 1. The van der Waals surface area contributed by atoms with Gasteiger partial charge in [0.05, 0.1) is 11.7 Å². The van der Waals surface area contributed by atoms with E-state index in [4.69, 9.17) is 4.74 Å². The Balaban J connectivity index is 2.32. The van der Waals surface area contributed by atoms with E-state index in [0.29, 0.717) is 23.5 Å². The van der Waals surface area contributed by atoms with E-state index in [1.54, 1.807) is 6.26 Å². The van der Waals surface area contributed by atoms with Crippen LogP contribution in [0, 0.1) is 22.0 Å². The molecule has 0 aliphatic carbocycles. The van der Waals surface area contributed by atoms with E-state index in [1.165, 1.54) is 11.8 Å². The lowest BCUT2D eigenvalue weighted by Crippen LogP contribution is -2.38. The average molecular weight is 304 g/mol. The van der Waals surface area contributed by atoms with Crippen molar-refractivity contribution < 1.29 is 9.77 Å². The number of amidine groups is 1. The number of nitrogens with one attached hydrogen (secondary N) is 1. The van der Waals surface area contributed by atoms with Crippen LogP contribution in [0.5, 0.6) is 0 Å². The fourth-order valence-electron chi connectivity index (χ4n) is 2.19. The summed E-state index contributed by atoms with van der Waals surface area (Å²) in [6.45, 7) is 9.52. The van der Waals surface area contributed by atoms with Crippen molar-refractivity contribution in [2.75, 3.05) is 45.6 Å². The van der Waals surface area contributed by atoms with E-state index < -0.39 is 5.03 Å². The molecule has 7 nitrogen and oxygen atoms in total. The lowest BCUT2D eigenvalue weighted by atomic mass is 9.97. The molecule has 0 aromatic rings. The molecule has 1 heterocycles. The number of nitrogens with zero attached hydrogens (tertiary/aromatic N) is 3. The maximum absolute atomic E-state index is 10.3. The Bertz CT molecular complexity index is 341. The average Bonchev–Trinajstić information content (AvgIpc) is 2.81. The minimum absolute atomic E-state index is 0.351. The predicted molar refractivity (Wildman–Crippen MR) is 81.5 cm³/mol. The first-order valence-corrected chi connectivity index (χ1v) is 8.10. The summed E-state index contributed by atoms with van der Waals surface area (Å²) >= 11 is 1.25. The molecule has 0 amide bonds. The van der Waals surface area contributed by atoms with E-state index in [2.05, 4.69) is 29.2 Å². The van der Waals surface area contributed by atoms with Gasteiger partial charge in [-0.3, -0.25) is 0 Å². The first-order chi connectivity index (χ1) is 9.56. The Hall–Kier alpha value is -0.860. The van der Waals surface area contributed by atoms with Crippen molar-refractivity contribution in [1.29, 1.82) is 0 Å². The Morgan fingerprint density at radius 2 is 2.35 bits per heavy atom. The fourth-order valence-corrected chi connectivity index (χ4v) is 2.59. The molecule has 1 fully saturated rings. The molecule has 0 spiro atoms. The largest absolute Gasteiger partial charge is 0.381 e. The monoisotopic (exact) mass is 304 g/mol. The number of hydrogen-bond donors (Lipinski definition) is 1. The predicted octanol–water partition coefficient (Wildman–Crippen LogP) is 1.09. The zero-order valence-corrected chi connectivity index (χ0v) is 13.2. The number of hydrazone groups is 1. The highest BCUT2D eigenvalue weighted by atomic mass is 32.2. The Morgan fingerprint density at radius 1 is 1.60 bits per heavy atom. The molecule has 0 aromatic carbocycles. The molecule has 2 atom stereocenters. The Morgan fingerprint density at radius 3 is 2.85 bits per heavy atom. The second-order valence-electron chi connectivity index (χ2n) is 4.94. The highest BCUT2D eigenvalue weighted by Crippen LogP contribution is 2.20. The van der Waals surface area contributed by atoms with Gasteiger partial charge in [0.15, 0.2) is 5.03 Å². The third kappa shape index (κ3) is 6.06. The molecule has 0 bridgehead atoms. The topological polar surface area (TPSA) is 80.0 Å². The summed E-state index contributed by atoms with van der Waals surface area (Å²) in [7, 11) is 0. The molecule has 0 radical (unpaired) electrons. The van der Waals surface area contributed by atoms with Crippen molar-refractivity contribution in [2.45, 2.75) is 13.8 Å². The molecule has 116 valence electrons. The molecule has 8 heteroatoms. The molecule has 20 heavy (non-hydrogen) atoms. The van der Waals surface area contributed by atoms with Gasteiger partial charge >= 0.3 is 0 Å². The molecule has 1 aliphatic heterocycles. The maximum Gasteiger partial charge on any atom is 0.234 e. The first-order valence-electron chi connectivity index (χ1n) is 6.87. The van der Waals surface area contributed by atoms with Crippen LogP contribution in [-0.4, -0.2) is 60.7 Å². The van der Waals surface area contributed by atoms with Crippen molar-refractivity contribution in [1.82, 2.24) is 10.2 Å². The highest BCUT2D eigenvalue weighted by Gasteiger charge is 2.25. The second-order valence-corrected chi connectivity index (χ2v) is 5.74. The van der Waals surface area contributed by atoms with Gasteiger partial charge in [-0.25, -0.2) is 10.1 Å². The van der Waals surface area contributed by atoms with Crippen molar-refractivity contribution in [3.63, 3.8) is 0 Å². The van der Waals surface area contributed by atoms with Crippen molar-refractivity contribution in [2.24, 2.45) is 16.9 Å². The van der Waals surface area contributed by atoms with E-state index in [9.17, 15) is 10.1 Å². The lowest BCUT2D eigenvalue weighted by Gasteiger charge is -2.25. The minimum atomic E-state index is -0.673. The van der Waals surface area contributed by atoms with Crippen LogP contribution in [0.25, 0.3) is 0 Å². The zero-order chi connectivity index (χ0) is 15.0. The number of rotatable bonds is 7. The van der Waals surface area contributed by atoms with Crippen LogP contribution in [0.1, 0.15) is 13.8 Å². The van der Waals surface area contributed by atoms with E-state index in [0.717, 1.165) is 32.8 Å². The Kier molecular flexibility index (Phi) is 7.86. The lowest BCUT2D eigenvalue weighted by molar-refractivity contribution is -0.484. The molecule has 1 saturated heterocycles. The molecule has 1 aliphatic rings. The molecular formula is C12H24N4O3S. The summed E-state index contributed by atoms with van der Waals surface area (Å²) in [5.41, 5.74) is 0. The summed E-state index contributed by atoms with van der Waals surface area (Å²) in [5, 5.41) is 16.3. The van der Waals surface area contributed by atoms with Gasteiger partial charge in [-0.2, -0.15) is 0 Å². The Labute approximate surface area is 124 Å². The minimum Gasteiger partial charge on any atom is -0.381 e. The van der Waals surface area contributed by atoms with Gasteiger partial charge < -0.3 is 15.0 Å². The molecule has 1 N–H and O–H groups in total. The third-order valence-corrected chi connectivity index (χ3v) is 4.14. The van der Waals surface area contributed by atoms with E-state index in [-0.39, 0.29) is 0 Å². The van der Waals surface area contributed by atoms with Crippen molar-refractivity contribution in [3.8, 4) is 0 Å². The number of thioether (sulfide) groups is 1.